The molecule has 0 spiro atoms. The highest BCUT2D eigenvalue weighted by Gasteiger charge is 2.40. The lowest BCUT2D eigenvalue weighted by Crippen LogP contribution is -2.49. The number of anilines is 1. The van der Waals surface area contributed by atoms with Crippen LogP contribution in [0.25, 0.3) is 0 Å². The van der Waals surface area contributed by atoms with E-state index in [1.165, 1.54) is 36.9 Å². The van der Waals surface area contributed by atoms with Gasteiger partial charge in [0.05, 0.1) is 11.7 Å². The molecular weight excluding hydrogens is 212 g/mol. The molecule has 1 aliphatic heterocycles. The van der Waals surface area contributed by atoms with Crippen molar-refractivity contribution < 1.29 is 0 Å². The number of likely N-dealkylation sites (tertiary alicyclic amines) is 1. The minimum Gasteiger partial charge on any atom is -0.384 e. The number of rotatable bonds is 2. The molecule has 1 saturated heterocycles. The SMILES string of the molecule is Nc1c2c(nn1C1CN(C3CC3)C1)CCCC2. The molecule has 0 radical (unpaired) electrons. The molecule has 1 saturated carbocycles. The van der Waals surface area contributed by atoms with Crippen LogP contribution >= 0.6 is 0 Å². The van der Waals surface area contributed by atoms with E-state index in [2.05, 4.69) is 9.58 Å². The van der Waals surface area contributed by atoms with Crippen molar-refractivity contribution in [1.82, 2.24) is 14.7 Å². The van der Waals surface area contributed by atoms with Crippen LogP contribution in [-0.4, -0.2) is 33.8 Å². The maximum absolute atomic E-state index is 6.25. The molecule has 17 heavy (non-hydrogen) atoms. The number of hydrogen-bond donors (Lipinski definition) is 1. The Labute approximate surface area is 102 Å². The van der Waals surface area contributed by atoms with Gasteiger partial charge < -0.3 is 5.73 Å². The molecule has 0 amide bonds. The first-order valence-corrected chi connectivity index (χ1v) is 6.92. The molecule has 4 rings (SSSR count). The van der Waals surface area contributed by atoms with E-state index in [1.807, 2.05) is 0 Å². The van der Waals surface area contributed by atoms with Gasteiger partial charge in [-0.2, -0.15) is 5.10 Å². The van der Waals surface area contributed by atoms with E-state index in [4.69, 9.17) is 10.8 Å². The predicted octanol–water partition coefficient (Wildman–Crippen LogP) is 1.36. The zero-order valence-corrected chi connectivity index (χ0v) is 10.2. The molecule has 3 aliphatic rings. The number of hydrogen-bond acceptors (Lipinski definition) is 3. The number of aromatic nitrogens is 2. The summed E-state index contributed by atoms with van der Waals surface area (Å²) >= 11 is 0. The highest BCUT2D eigenvalue weighted by atomic mass is 15.4. The van der Waals surface area contributed by atoms with Gasteiger partial charge >= 0.3 is 0 Å². The lowest BCUT2D eigenvalue weighted by molar-refractivity contribution is 0.0915. The molecule has 2 aliphatic carbocycles. The molecule has 0 aromatic carbocycles. The Morgan fingerprint density at radius 3 is 2.53 bits per heavy atom. The van der Waals surface area contributed by atoms with Crippen molar-refractivity contribution in [1.29, 1.82) is 0 Å². The van der Waals surface area contributed by atoms with Crippen molar-refractivity contribution in [2.24, 2.45) is 0 Å². The summed E-state index contributed by atoms with van der Waals surface area (Å²) in [5.74, 6) is 0.958. The van der Waals surface area contributed by atoms with E-state index < -0.39 is 0 Å². The van der Waals surface area contributed by atoms with Gasteiger partial charge in [-0.1, -0.05) is 0 Å². The molecule has 1 aromatic heterocycles. The van der Waals surface area contributed by atoms with Crippen molar-refractivity contribution in [2.45, 2.75) is 50.6 Å². The molecule has 2 N–H and O–H groups in total. The Balaban J connectivity index is 1.55. The lowest BCUT2D eigenvalue weighted by Gasteiger charge is -2.39. The molecule has 4 heteroatoms. The summed E-state index contributed by atoms with van der Waals surface area (Å²) in [6, 6.07) is 1.43. The third-order valence-corrected chi connectivity index (χ3v) is 4.52. The van der Waals surface area contributed by atoms with E-state index >= 15 is 0 Å². The Morgan fingerprint density at radius 2 is 1.82 bits per heavy atom. The molecule has 2 heterocycles. The fraction of sp³-hybridized carbons (Fsp3) is 0.769. The Kier molecular flexibility index (Phi) is 2.04. The van der Waals surface area contributed by atoms with Crippen molar-refractivity contribution in [3.8, 4) is 0 Å². The monoisotopic (exact) mass is 232 g/mol. The second-order valence-corrected chi connectivity index (χ2v) is 5.80. The second kappa shape index (κ2) is 3.48. The Hall–Kier alpha value is -1.03. The van der Waals surface area contributed by atoms with Crippen LogP contribution in [0, 0.1) is 0 Å². The standard InChI is InChI=1S/C13H20N4/c14-13-11-3-1-2-4-12(11)15-17(13)10-7-16(8-10)9-5-6-9/h9-10H,1-8,14H2. The fourth-order valence-corrected chi connectivity index (χ4v) is 3.26. The summed E-state index contributed by atoms with van der Waals surface area (Å²) in [4.78, 5) is 2.57. The smallest absolute Gasteiger partial charge is 0.125 e. The quantitative estimate of drug-likeness (QED) is 0.837. The Bertz CT molecular complexity index is 441. The van der Waals surface area contributed by atoms with Gasteiger partial charge in [-0.3, -0.25) is 4.90 Å². The molecule has 2 fully saturated rings. The lowest BCUT2D eigenvalue weighted by atomic mass is 9.97. The average Bonchev–Trinajstić information content (AvgIpc) is 3.05. The fourth-order valence-electron chi connectivity index (χ4n) is 3.26. The van der Waals surface area contributed by atoms with Gasteiger partial charge in [0, 0.05) is 24.7 Å². The number of nitrogens with two attached hydrogens (primary N) is 1. The van der Waals surface area contributed by atoms with E-state index in [-0.39, 0.29) is 0 Å². The van der Waals surface area contributed by atoms with Gasteiger partial charge in [-0.15, -0.1) is 0 Å². The number of nitrogens with zero attached hydrogens (tertiary/aromatic N) is 3. The average molecular weight is 232 g/mol. The van der Waals surface area contributed by atoms with Crippen LogP contribution < -0.4 is 5.73 Å². The van der Waals surface area contributed by atoms with Crippen LogP contribution in [0.1, 0.15) is 43.0 Å². The van der Waals surface area contributed by atoms with E-state index in [0.717, 1.165) is 37.8 Å². The van der Waals surface area contributed by atoms with Crippen LogP contribution in [0.4, 0.5) is 5.82 Å². The third kappa shape index (κ3) is 1.50. The summed E-state index contributed by atoms with van der Waals surface area (Å²) in [6.45, 7) is 2.32. The van der Waals surface area contributed by atoms with Crippen molar-refractivity contribution >= 4 is 5.82 Å². The first-order chi connectivity index (χ1) is 8.33. The molecule has 0 unspecified atom stereocenters. The van der Waals surface area contributed by atoms with Gasteiger partial charge in [-0.05, 0) is 38.5 Å². The van der Waals surface area contributed by atoms with Crippen LogP contribution in [0.15, 0.2) is 0 Å². The minimum atomic E-state index is 0.543. The second-order valence-electron chi connectivity index (χ2n) is 5.80. The van der Waals surface area contributed by atoms with Gasteiger partial charge in [-0.25, -0.2) is 4.68 Å². The summed E-state index contributed by atoms with van der Waals surface area (Å²) in [5.41, 5.74) is 8.88. The van der Waals surface area contributed by atoms with Crippen molar-refractivity contribution in [3.05, 3.63) is 11.3 Å². The molecule has 0 atom stereocenters. The number of aryl methyl sites for hydroxylation is 1. The molecular formula is C13H20N4. The summed E-state index contributed by atoms with van der Waals surface area (Å²) in [5, 5.41) is 4.75. The van der Waals surface area contributed by atoms with Gasteiger partial charge in [0.15, 0.2) is 0 Å². The predicted molar refractivity (Wildman–Crippen MR) is 66.9 cm³/mol. The van der Waals surface area contributed by atoms with Gasteiger partial charge in [0.2, 0.25) is 0 Å². The normalized spacial score (nSPS) is 25.6. The maximum Gasteiger partial charge on any atom is 0.125 e. The largest absolute Gasteiger partial charge is 0.384 e. The highest BCUT2D eigenvalue weighted by Crippen LogP contribution is 2.36. The molecule has 4 nitrogen and oxygen atoms in total. The number of fused-ring (bicyclic) bond motifs is 1. The maximum atomic E-state index is 6.25. The van der Waals surface area contributed by atoms with Crippen LogP contribution in [0.2, 0.25) is 0 Å². The summed E-state index contributed by atoms with van der Waals surface area (Å²) in [7, 11) is 0. The van der Waals surface area contributed by atoms with Crippen molar-refractivity contribution in [3.63, 3.8) is 0 Å². The Morgan fingerprint density at radius 1 is 1.06 bits per heavy atom. The zero-order chi connectivity index (χ0) is 11.4. The zero-order valence-electron chi connectivity index (χ0n) is 10.2. The van der Waals surface area contributed by atoms with Crippen LogP contribution in [0.5, 0.6) is 0 Å². The van der Waals surface area contributed by atoms with Crippen molar-refractivity contribution in [2.75, 3.05) is 18.8 Å². The van der Waals surface area contributed by atoms with E-state index in [9.17, 15) is 0 Å². The topological polar surface area (TPSA) is 47.1 Å². The van der Waals surface area contributed by atoms with E-state index in [1.54, 1.807) is 0 Å². The third-order valence-electron chi connectivity index (χ3n) is 4.52. The number of nitrogen functional groups attached to an aromatic ring is 1. The summed E-state index contributed by atoms with van der Waals surface area (Å²) < 4.78 is 2.12. The van der Waals surface area contributed by atoms with Crippen LogP contribution in [0.3, 0.4) is 0 Å². The van der Waals surface area contributed by atoms with Gasteiger partial charge in [0.25, 0.3) is 0 Å². The molecule has 92 valence electrons. The molecule has 1 aromatic rings. The van der Waals surface area contributed by atoms with Gasteiger partial charge in [0.1, 0.15) is 5.82 Å². The van der Waals surface area contributed by atoms with Crippen LogP contribution in [-0.2, 0) is 12.8 Å². The first-order valence-electron chi connectivity index (χ1n) is 6.92. The van der Waals surface area contributed by atoms with E-state index in [0.29, 0.717) is 6.04 Å². The summed E-state index contributed by atoms with van der Waals surface area (Å²) in [6.07, 6.45) is 7.63. The minimum absolute atomic E-state index is 0.543. The highest BCUT2D eigenvalue weighted by molar-refractivity contribution is 5.45. The first kappa shape index (κ1) is 9.95. The molecule has 0 bridgehead atoms.